The maximum absolute atomic E-state index is 4.42. The second kappa shape index (κ2) is 5.48. The molecule has 2 rings (SSSR count). The van der Waals surface area contributed by atoms with Gasteiger partial charge in [0.2, 0.25) is 5.95 Å². The van der Waals surface area contributed by atoms with Gasteiger partial charge in [-0.2, -0.15) is 5.10 Å². The first-order valence-corrected chi connectivity index (χ1v) is 5.92. The van der Waals surface area contributed by atoms with Gasteiger partial charge in [0.15, 0.2) is 5.82 Å². The number of nitrogens with zero attached hydrogens (tertiary/aromatic N) is 5. The third-order valence-electron chi connectivity index (χ3n) is 2.52. The van der Waals surface area contributed by atoms with Gasteiger partial charge in [0.1, 0.15) is 6.33 Å². The molecule has 0 atom stereocenters. The van der Waals surface area contributed by atoms with Crippen LogP contribution in [-0.2, 0) is 20.0 Å². The molecule has 0 fully saturated rings. The Labute approximate surface area is 106 Å². The van der Waals surface area contributed by atoms with E-state index in [4.69, 9.17) is 0 Å². The first kappa shape index (κ1) is 12.3. The van der Waals surface area contributed by atoms with Gasteiger partial charge in [-0.05, 0) is 6.92 Å². The highest BCUT2D eigenvalue weighted by molar-refractivity contribution is 5.29. The fraction of sp³-hybridized carbons (Fsp3) is 0.417. The summed E-state index contributed by atoms with van der Waals surface area (Å²) < 4.78 is 3.79. The number of nitrogens with one attached hydrogen (secondary N) is 1. The van der Waals surface area contributed by atoms with Crippen molar-refractivity contribution >= 4 is 5.95 Å². The summed E-state index contributed by atoms with van der Waals surface area (Å²) in [7, 11) is 1.87. The Bertz CT molecular complexity index is 524. The van der Waals surface area contributed by atoms with Crippen LogP contribution in [0.1, 0.15) is 11.5 Å². The molecule has 2 aromatic rings. The molecule has 0 aliphatic heterocycles. The first-order chi connectivity index (χ1) is 8.69. The van der Waals surface area contributed by atoms with Crippen LogP contribution in [0.15, 0.2) is 25.2 Å². The summed E-state index contributed by atoms with van der Waals surface area (Å²) >= 11 is 0. The van der Waals surface area contributed by atoms with Gasteiger partial charge in [-0.1, -0.05) is 6.08 Å². The zero-order valence-corrected chi connectivity index (χ0v) is 10.8. The molecule has 0 spiro atoms. The topological polar surface area (TPSA) is 60.6 Å². The van der Waals surface area contributed by atoms with Crippen LogP contribution in [0.3, 0.4) is 0 Å². The van der Waals surface area contributed by atoms with Crippen LogP contribution in [-0.4, -0.2) is 30.9 Å². The fourth-order valence-electron chi connectivity index (χ4n) is 1.74. The monoisotopic (exact) mass is 246 g/mol. The molecule has 0 aliphatic rings. The van der Waals surface area contributed by atoms with Crippen molar-refractivity contribution in [1.29, 1.82) is 0 Å². The van der Waals surface area contributed by atoms with Gasteiger partial charge in [0, 0.05) is 32.8 Å². The summed E-state index contributed by atoms with van der Waals surface area (Å²) in [5.74, 6) is 1.71. The van der Waals surface area contributed by atoms with Crippen LogP contribution >= 0.6 is 0 Å². The van der Waals surface area contributed by atoms with Gasteiger partial charge in [0.25, 0.3) is 0 Å². The number of hydrogen-bond donors (Lipinski definition) is 1. The molecule has 0 unspecified atom stereocenters. The lowest BCUT2D eigenvalue weighted by Gasteiger charge is -2.06. The van der Waals surface area contributed by atoms with Gasteiger partial charge in [-0.25, -0.2) is 9.97 Å². The van der Waals surface area contributed by atoms with Crippen molar-refractivity contribution in [3.8, 4) is 0 Å². The van der Waals surface area contributed by atoms with E-state index in [1.54, 1.807) is 11.0 Å². The average Bonchev–Trinajstić information content (AvgIpc) is 2.90. The standard InChI is InChI=1S/C12H18N6/c1-4-6-13-12-15-10(2)8-18(12)7-5-11-14-9-17(3)16-11/h4,8-9H,1,5-7H2,2-3H3,(H,13,15). The quantitative estimate of drug-likeness (QED) is 0.777. The minimum atomic E-state index is 0.707. The molecule has 6 heteroatoms. The SMILES string of the molecule is C=CCNc1nc(C)cn1CCc1ncn(C)n1. The molecule has 2 heterocycles. The third kappa shape index (κ3) is 2.97. The van der Waals surface area contributed by atoms with E-state index in [-0.39, 0.29) is 0 Å². The molecular formula is C12H18N6. The predicted octanol–water partition coefficient (Wildman–Crippen LogP) is 1.16. The number of rotatable bonds is 6. The number of anilines is 1. The van der Waals surface area contributed by atoms with Crippen molar-refractivity contribution in [1.82, 2.24) is 24.3 Å². The van der Waals surface area contributed by atoms with Gasteiger partial charge in [-0.15, -0.1) is 6.58 Å². The van der Waals surface area contributed by atoms with Crippen molar-refractivity contribution in [3.63, 3.8) is 0 Å². The van der Waals surface area contributed by atoms with Gasteiger partial charge < -0.3 is 9.88 Å². The zero-order valence-electron chi connectivity index (χ0n) is 10.8. The lowest BCUT2D eigenvalue weighted by molar-refractivity contribution is 0.662. The lowest BCUT2D eigenvalue weighted by Crippen LogP contribution is -2.09. The molecule has 2 aromatic heterocycles. The zero-order chi connectivity index (χ0) is 13.0. The van der Waals surface area contributed by atoms with Crippen molar-refractivity contribution in [2.24, 2.45) is 7.05 Å². The molecule has 0 amide bonds. The van der Waals surface area contributed by atoms with E-state index in [0.717, 1.165) is 30.4 Å². The number of imidazole rings is 1. The van der Waals surface area contributed by atoms with Gasteiger partial charge >= 0.3 is 0 Å². The molecule has 18 heavy (non-hydrogen) atoms. The van der Waals surface area contributed by atoms with Gasteiger partial charge in [0.05, 0.1) is 5.69 Å². The van der Waals surface area contributed by atoms with Crippen LogP contribution in [0.2, 0.25) is 0 Å². The summed E-state index contributed by atoms with van der Waals surface area (Å²) in [5, 5.41) is 7.47. The maximum atomic E-state index is 4.42. The van der Waals surface area contributed by atoms with Crippen molar-refractivity contribution in [3.05, 3.63) is 36.7 Å². The average molecular weight is 246 g/mol. The highest BCUT2D eigenvalue weighted by Crippen LogP contribution is 2.09. The Morgan fingerprint density at radius 3 is 3.00 bits per heavy atom. The minimum Gasteiger partial charge on any atom is -0.352 e. The maximum Gasteiger partial charge on any atom is 0.203 e. The Hall–Kier alpha value is -2.11. The smallest absolute Gasteiger partial charge is 0.203 e. The number of hydrogen-bond acceptors (Lipinski definition) is 4. The number of aryl methyl sites for hydroxylation is 4. The summed E-state index contributed by atoms with van der Waals surface area (Å²) in [4.78, 5) is 8.63. The first-order valence-electron chi connectivity index (χ1n) is 5.92. The summed E-state index contributed by atoms with van der Waals surface area (Å²) in [6.45, 7) is 7.18. The van der Waals surface area contributed by atoms with Crippen LogP contribution < -0.4 is 5.32 Å². The number of aromatic nitrogens is 5. The van der Waals surface area contributed by atoms with E-state index < -0.39 is 0 Å². The van der Waals surface area contributed by atoms with E-state index >= 15 is 0 Å². The van der Waals surface area contributed by atoms with Crippen LogP contribution in [0, 0.1) is 6.92 Å². The van der Waals surface area contributed by atoms with E-state index in [1.165, 1.54) is 0 Å². The highest BCUT2D eigenvalue weighted by atomic mass is 15.3. The lowest BCUT2D eigenvalue weighted by atomic mass is 10.4. The van der Waals surface area contributed by atoms with E-state index in [9.17, 15) is 0 Å². The molecule has 0 saturated carbocycles. The van der Waals surface area contributed by atoms with Crippen molar-refractivity contribution in [2.75, 3.05) is 11.9 Å². The van der Waals surface area contributed by atoms with E-state index in [1.807, 2.05) is 26.2 Å². The van der Waals surface area contributed by atoms with Crippen molar-refractivity contribution in [2.45, 2.75) is 19.9 Å². The summed E-state index contributed by atoms with van der Waals surface area (Å²) in [5.41, 5.74) is 0.996. The normalized spacial score (nSPS) is 10.6. The molecule has 1 N–H and O–H groups in total. The van der Waals surface area contributed by atoms with E-state index in [0.29, 0.717) is 6.54 Å². The molecule has 0 radical (unpaired) electrons. The fourth-order valence-corrected chi connectivity index (χ4v) is 1.74. The summed E-state index contributed by atoms with van der Waals surface area (Å²) in [6.07, 6.45) is 6.34. The predicted molar refractivity (Wildman–Crippen MR) is 70.4 cm³/mol. The Morgan fingerprint density at radius 2 is 2.33 bits per heavy atom. The second-order valence-electron chi connectivity index (χ2n) is 4.15. The minimum absolute atomic E-state index is 0.707. The van der Waals surface area contributed by atoms with Crippen LogP contribution in [0.4, 0.5) is 5.95 Å². The van der Waals surface area contributed by atoms with Gasteiger partial charge in [-0.3, -0.25) is 4.68 Å². The molecule has 0 aromatic carbocycles. The third-order valence-corrected chi connectivity index (χ3v) is 2.52. The molecule has 0 bridgehead atoms. The highest BCUT2D eigenvalue weighted by Gasteiger charge is 2.06. The molecular weight excluding hydrogens is 228 g/mol. The molecule has 0 aliphatic carbocycles. The Kier molecular flexibility index (Phi) is 3.76. The molecule has 96 valence electrons. The summed E-state index contributed by atoms with van der Waals surface area (Å²) in [6, 6.07) is 0. The molecule has 6 nitrogen and oxygen atoms in total. The Morgan fingerprint density at radius 1 is 1.50 bits per heavy atom. The Balaban J connectivity index is 2.01. The largest absolute Gasteiger partial charge is 0.352 e. The second-order valence-corrected chi connectivity index (χ2v) is 4.15. The molecule has 0 saturated heterocycles. The van der Waals surface area contributed by atoms with E-state index in [2.05, 4.69) is 31.5 Å². The van der Waals surface area contributed by atoms with Crippen molar-refractivity contribution < 1.29 is 0 Å². The van der Waals surface area contributed by atoms with Crippen LogP contribution in [0.25, 0.3) is 0 Å². The van der Waals surface area contributed by atoms with Crippen LogP contribution in [0.5, 0.6) is 0 Å².